The van der Waals surface area contributed by atoms with Gasteiger partial charge in [0.05, 0.1) is 6.34 Å². The second-order valence-electron chi connectivity index (χ2n) is 3.78. The molecule has 1 aromatic rings. The summed E-state index contributed by atoms with van der Waals surface area (Å²) in [5.74, 6) is -0.615. The molecule has 0 fully saturated rings. The van der Waals surface area contributed by atoms with Crippen molar-refractivity contribution in [2.45, 2.75) is 18.6 Å². The summed E-state index contributed by atoms with van der Waals surface area (Å²) in [5, 5.41) is 2.91. The number of aryl methyl sites for hydroxylation is 1. The van der Waals surface area contributed by atoms with E-state index in [-0.39, 0.29) is 18.4 Å². The molecule has 2 rings (SSSR count). The zero-order chi connectivity index (χ0) is 11.4. The molecule has 0 aliphatic carbocycles. The number of rotatable bonds is 3. The van der Waals surface area contributed by atoms with Gasteiger partial charge in [-0.05, 0) is 12.0 Å². The molecule has 92 valence electrons. The van der Waals surface area contributed by atoms with E-state index < -0.39 is 5.79 Å². The number of nitrogens with two attached hydrogens (primary N) is 2. The van der Waals surface area contributed by atoms with E-state index >= 15 is 0 Å². The fraction of sp³-hybridized carbons (Fsp3) is 0.273. The van der Waals surface area contributed by atoms with Crippen LogP contribution in [0.5, 0.6) is 0 Å². The van der Waals surface area contributed by atoms with Crippen molar-refractivity contribution in [2.75, 3.05) is 0 Å². The highest BCUT2D eigenvalue weighted by atomic mass is 35.5. The van der Waals surface area contributed by atoms with Crippen molar-refractivity contribution in [3.8, 4) is 0 Å². The smallest absolute Gasteiger partial charge is 0.220 e. The van der Waals surface area contributed by atoms with Gasteiger partial charge in [0.2, 0.25) is 5.96 Å². The van der Waals surface area contributed by atoms with Crippen LogP contribution in [0, 0.1) is 0 Å². The normalized spacial score (nSPS) is 22.3. The average molecular weight is 254 g/mol. The lowest BCUT2D eigenvalue weighted by molar-refractivity contribution is 0.381. The maximum absolute atomic E-state index is 6.03. The van der Waals surface area contributed by atoms with Crippen LogP contribution in [0.2, 0.25) is 0 Å². The van der Waals surface area contributed by atoms with Crippen LogP contribution in [0.1, 0.15) is 12.0 Å². The van der Waals surface area contributed by atoms with Gasteiger partial charge in [0.1, 0.15) is 0 Å². The van der Waals surface area contributed by atoms with Gasteiger partial charge in [-0.25, -0.2) is 9.98 Å². The molecule has 0 aromatic heterocycles. The molecule has 1 atom stereocenters. The van der Waals surface area contributed by atoms with E-state index in [0.29, 0.717) is 6.42 Å². The first-order chi connectivity index (χ1) is 7.68. The molecule has 0 amide bonds. The molecule has 6 heteroatoms. The van der Waals surface area contributed by atoms with Gasteiger partial charge in [-0.2, -0.15) is 0 Å². The number of nitrogens with zero attached hydrogens (tertiary/aromatic N) is 2. The van der Waals surface area contributed by atoms with Gasteiger partial charge in [0.25, 0.3) is 0 Å². The quantitative estimate of drug-likeness (QED) is 0.737. The molecule has 0 radical (unpaired) electrons. The molecule has 1 aromatic carbocycles. The van der Waals surface area contributed by atoms with E-state index in [1.54, 1.807) is 0 Å². The Morgan fingerprint density at radius 1 is 1.24 bits per heavy atom. The first-order valence-corrected chi connectivity index (χ1v) is 5.16. The summed E-state index contributed by atoms with van der Waals surface area (Å²) >= 11 is 0. The Kier molecular flexibility index (Phi) is 4.48. The Labute approximate surface area is 106 Å². The molecule has 0 saturated heterocycles. The van der Waals surface area contributed by atoms with E-state index in [2.05, 4.69) is 27.4 Å². The van der Waals surface area contributed by atoms with Crippen LogP contribution < -0.4 is 16.8 Å². The highest BCUT2D eigenvalue weighted by molar-refractivity contribution is 5.88. The zero-order valence-electron chi connectivity index (χ0n) is 9.34. The molecular formula is C11H16ClN5. The third kappa shape index (κ3) is 3.72. The minimum absolute atomic E-state index is 0. The molecule has 5 N–H and O–H groups in total. The standard InChI is InChI=1S/C11H15N5.ClH/c12-10-14-8-15-11(13,16-10)7-6-9-4-2-1-3-5-9;/h1-5,8H,6-7,13H2,(H3,12,14,15,16);1H. The van der Waals surface area contributed by atoms with E-state index in [9.17, 15) is 0 Å². The van der Waals surface area contributed by atoms with Gasteiger partial charge in [0.15, 0.2) is 5.79 Å². The molecular weight excluding hydrogens is 238 g/mol. The van der Waals surface area contributed by atoms with E-state index in [1.165, 1.54) is 11.9 Å². The Hall–Kier alpha value is -1.59. The summed E-state index contributed by atoms with van der Waals surface area (Å²) in [4.78, 5) is 7.88. The SMILES string of the molecule is Cl.NC1=NC(N)(CCc2ccccc2)NC=N1. The minimum Gasteiger partial charge on any atom is -0.368 e. The number of aliphatic imine (C=N–C) groups is 2. The topological polar surface area (TPSA) is 88.8 Å². The zero-order valence-corrected chi connectivity index (χ0v) is 10.2. The number of halogens is 1. The van der Waals surface area contributed by atoms with Gasteiger partial charge in [-0.3, -0.25) is 5.73 Å². The maximum Gasteiger partial charge on any atom is 0.220 e. The third-order valence-electron chi connectivity index (χ3n) is 2.46. The van der Waals surface area contributed by atoms with Gasteiger partial charge in [0, 0.05) is 6.42 Å². The highest BCUT2D eigenvalue weighted by Crippen LogP contribution is 2.12. The first kappa shape index (κ1) is 13.5. The van der Waals surface area contributed by atoms with Crippen LogP contribution in [0.25, 0.3) is 0 Å². The van der Waals surface area contributed by atoms with Gasteiger partial charge in [-0.15, -0.1) is 12.4 Å². The van der Waals surface area contributed by atoms with Crippen LogP contribution in [0.3, 0.4) is 0 Å². The van der Waals surface area contributed by atoms with E-state index in [1.807, 2.05) is 18.2 Å². The number of guanidine groups is 1. The van der Waals surface area contributed by atoms with Crippen molar-refractivity contribution in [3.63, 3.8) is 0 Å². The van der Waals surface area contributed by atoms with Gasteiger partial charge in [-0.1, -0.05) is 30.3 Å². The molecule has 0 spiro atoms. The van der Waals surface area contributed by atoms with Crippen LogP contribution in [0.15, 0.2) is 40.3 Å². The summed E-state index contributed by atoms with van der Waals surface area (Å²) in [6.45, 7) is 0. The second-order valence-corrected chi connectivity index (χ2v) is 3.78. The molecule has 0 saturated carbocycles. The first-order valence-electron chi connectivity index (χ1n) is 5.16. The van der Waals surface area contributed by atoms with Crippen molar-refractivity contribution >= 4 is 24.7 Å². The van der Waals surface area contributed by atoms with Crippen molar-refractivity contribution in [1.29, 1.82) is 0 Å². The fourth-order valence-electron chi connectivity index (χ4n) is 1.58. The highest BCUT2D eigenvalue weighted by Gasteiger charge is 2.24. The van der Waals surface area contributed by atoms with Crippen LogP contribution in [0.4, 0.5) is 0 Å². The lowest BCUT2D eigenvalue weighted by Gasteiger charge is -2.27. The number of nitrogens with one attached hydrogen (secondary N) is 1. The van der Waals surface area contributed by atoms with E-state index in [4.69, 9.17) is 11.5 Å². The Morgan fingerprint density at radius 3 is 2.59 bits per heavy atom. The number of hydrogen-bond acceptors (Lipinski definition) is 5. The summed E-state index contributed by atoms with van der Waals surface area (Å²) in [6.07, 6.45) is 3.01. The summed E-state index contributed by atoms with van der Waals surface area (Å²) in [6, 6.07) is 10.1. The molecule has 1 aliphatic rings. The predicted octanol–water partition coefficient (Wildman–Crippen LogP) is 0.600. The number of benzene rings is 1. The van der Waals surface area contributed by atoms with Crippen LogP contribution >= 0.6 is 12.4 Å². The van der Waals surface area contributed by atoms with Crippen molar-refractivity contribution in [1.82, 2.24) is 5.32 Å². The van der Waals surface area contributed by atoms with Gasteiger partial charge < -0.3 is 11.1 Å². The van der Waals surface area contributed by atoms with Crippen LogP contribution in [-0.4, -0.2) is 18.1 Å². The summed E-state index contributed by atoms with van der Waals surface area (Å²) < 4.78 is 0. The molecule has 1 aliphatic heterocycles. The van der Waals surface area contributed by atoms with Gasteiger partial charge >= 0.3 is 0 Å². The van der Waals surface area contributed by atoms with Crippen LogP contribution in [-0.2, 0) is 6.42 Å². The largest absolute Gasteiger partial charge is 0.368 e. The molecule has 1 unspecified atom stereocenters. The monoisotopic (exact) mass is 253 g/mol. The Balaban J connectivity index is 0.00000144. The second kappa shape index (κ2) is 5.65. The Bertz CT molecular complexity index is 417. The molecule has 5 nitrogen and oxygen atoms in total. The molecule has 0 bridgehead atoms. The van der Waals surface area contributed by atoms with Crippen molar-refractivity contribution in [3.05, 3.63) is 35.9 Å². The predicted molar refractivity (Wildman–Crippen MR) is 72.2 cm³/mol. The molecule has 1 heterocycles. The minimum atomic E-state index is -0.832. The lowest BCUT2D eigenvalue weighted by Crippen LogP contribution is -2.54. The van der Waals surface area contributed by atoms with E-state index in [0.717, 1.165) is 6.42 Å². The number of hydrogen-bond donors (Lipinski definition) is 3. The Morgan fingerprint density at radius 2 is 1.94 bits per heavy atom. The average Bonchev–Trinajstić information content (AvgIpc) is 2.28. The maximum atomic E-state index is 6.03. The summed E-state index contributed by atoms with van der Waals surface area (Å²) in [7, 11) is 0. The lowest BCUT2D eigenvalue weighted by atomic mass is 10.1. The van der Waals surface area contributed by atoms with Crippen molar-refractivity contribution in [2.24, 2.45) is 21.5 Å². The van der Waals surface area contributed by atoms with Crippen molar-refractivity contribution < 1.29 is 0 Å². The fourth-order valence-corrected chi connectivity index (χ4v) is 1.58. The molecule has 17 heavy (non-hydrogen) atoms. The third-order valence-corrected chi connectivity index (χ3v) is 2.46. The summed E-state index contributed by atoms with van der Waals surface area (Å²) in [5.41, 5.74) is 12.8.